The highest BCUT2D eigenvalue weighted by Crippen LogP contribution is 2.09. The van der Waals surface area contributed by atoms with E-state index in [-0.39, 0.29) is 5.70 Å². The van der Waals surface area contributed by atoms with Crippen LogP contribution in [0.2, 0.25) is 0 Å². The molecular weight excluding hydrogens is 150 g/mol. The average Bonchev–Trinajstić information content (AvgIpc) is 1.88. The lowest BCUT2D eigenvalue weighted by atomic mass is 10.1. The SMILES string of the molecule is O=[N+]([O-])C1=CC=CC(=S)C1. The first kappa shape index (κ1) is 7.08. The Morgan fingerprint density at radius 1 is 1.70 bits per heavy atom. The van der Waals surface area contributed by atoms with Gasteiger partial charge in [-0.05, 0) is 6.08 Å². The standard InChI is InChI=1S/C6H5NO2S/c8-7(9)5-2-1-3-6(10)4-5/h1-3H,4H2. The van der Waals surface area contributed by atoms with Gasteiger partial charge in [0.25, 0.3) is 5.70 Å². The average molecular weight is 155 g/mol. The van der Waals surface area contributed by atoms with Crippen molar-refractivity contribution in [2.45, 2.75) is 6.42 Å². The summed E-state index contributed by atoms with van der Waals surface area (Å²) >= 11 is 4.77. The summed E-state index contributed by atoms with van der Waals surface area (Å²) in [5.41, 5.74) is 0.174. The smallest absolute Gasteiger partial charge is 0.251 e. The van der Waals surface area contributed by atoms with Crippen LogP contribution >= 0.6 is 12.2 Å². The summed E-state index contributed by atoms with van der Waals surface area (Å²) in [5, 5.41) is 10.1. The largest absolute Gasteiger partial charge is 0.259 e. The van der Waals surface area contributed by atoms with Crippen LogP contribution in [0, 0.1) is 10.1 Å². The number of nitro groups is 1. The Hall–Kier alpha value is -1.03. The van der Waals surface area contributed by atoms with Gasteiger partial charge in [-0.1, -0.05) is 18.3 Å². The molecule has 0 aromatic carbocycles. The first-order chi connectivity index (χ1) is 4.70. The quantitative estimate of drug-likeness (QED) is 0.327. The Morgan fingerprint density at radius 2 is 2.40 bits per heavy atom. The third-order valence-corrected chi connectivity index (χ3v) is 1.44. The van der Waals surface area contributed by atoms with Gasteiger partial charge in [-0.15, -0.1) is 0 Å². The Labute approximate surface area is 63.2 Å². The van der Waals surface area contributed by atoms with E-state index in [0.717, 1.165) is 0 Å². The van der Waals surface area contributed by atoms with Gasteiger partial charge in [-0.3, -0.25) is 10.1 Å². The predicted octanol–water partition coefficient (Wildman–Crippen LogP) is 1.48. The van der Waals surface area contributed by atoms with Crippen LogP contribution in [0.25, 0.3) is 0 Å². The molecule has 52 valence electrons. The molecule has 3 nitrogen and oxygen atoms in total. The minimum atomic E-state index is -0.407. The van der Waals surface area contributed by atoms with E-state index >= 15 is 0 Å². The Balaban J connectivity index is 2.80. The van der Waals surface area contributed by atoms with E-state index in [4.69, 9.17) is 12.2 Å². The molecule has 0 atom stereocenters. The van der Waals surface area contributed by atoms with Gasteiger partial charge in [0.2, 0.25) is 0 Å². The molecule has 0 heterocycles. The zero-order valence-electron chi connectivity index (χ0n) is 5.11. The van der Waals surface area contributed by atoms with Gasteiger partial charge >= 0.3 is 0 Å². The van der Waals surface area contributed by atoms with Crippen molar-refractivity contribution in [2.75, 3.05) is 0 Å². The van der Waals surface area contributed by atoms with Gasteiger partial charge in [0.1, 0.15) is 0 Å². The number of allylic oxidation sites excluding steroid dienone is 4. The van der Waals surface area contributed by atoms with Crippen LogP contribution in [0.3, 0.4) is 0 Å². The molecule has 4 heteroatoms. The maximum Gasteiger partial charge on any atom is 0.251 e. The highest BCUT2D eigenvalue weighted by Gasteiger charge is 2.13. The van der Waals surface area contributed by atoms with Gasteiger partial charge in [-0.2, -0.15) is 0 Å². The Kier molecular flexibility index (Phi) is 1.91. The van der Waals surface area contributed by atoms with Crippen molar-refractivity contribution in [3.05, 3.63) is 34.0 Å². The second-order valence-electron chi connectivity index (χ2n) is 1.92. The Bertz CT molecular complexity index is 242. The first-order valence-corrected chi connectivity index (χ1v) is 3.15. The summed E-state index contributed by atoms with van der Waals surface area (Å²) in [6, 6.07) is 0. The summed E-state index contributed by atoms with van der Waals surface area (Å²) in [5.74, 6) is 0. The molecule has 1 aliphatic rings. The molecule has 0 amide bonds. The minimum absolute atomic E-state index is 0.174. The van der Waals surface area contributed by atoms with E-state index in [2.05, 4.69) is 0 Å². The summed E-state index contributed by atoms with van der Waals surface area (Å²) in [6.45, 7) is 0. The van der Waals surface area contributed by atoms with Gasteiger partial charge in [0.15, 0.2) is 0 Å². The summed E-state index contributed by atoms with van der Waals surface area (Å²) in [7, 11) is 0. The van der Waals surface area contributed by atoms with Crippen LogP contribution in [0.1, 0.15) is 6.42 Å². The number of hydrogen-bond donors (Lipinski definition) is 0. The molecule has 0 saturated heterocycles. The zero-order valence-corrected chi connectivity index (χ0v) is 5.93. The Morgan fingerprint density at radius 3 is 2.80 bits per heavy atom. The summed E-state index contributed by atoms with van der Waals surface area (Å²) < 4.78 is 0. The maximum atomic E-state index is 10.1. The van der Waals surface area contributed by atoms with Crippen molar-refractivity contribution in [3.63, 3.8) is 0 Å². The second-order valence-corrected chi connectivity index (χ2v) is 2.44. The van der Waals surface area contributed by atoms with Crippen LogP contribution < -0.4 is 0 Å². The minimum Gasteiger partial charge on any atom is -0.259 e. The van der Waals surface area contributed by atoms with Crippen molar-refractivity contribution >= 4 is 17.1 Å². The molecule has 0 unspecified atom stereocenters. The summed E-state index contributed by atoms with van der Waals surface area (Å²) in [4.78, 5) is 10.4. The topological polar surface area (TPSA) is 43.1 Å². The molecular formula is C6H5NO2S. The van der Waals surface area contributed by atoms with Crippen LogP contribution in [-0.4, -0.2) is 9.79 Å². The van der Waals surface area contributed by atoms with E-state index in [1.807, 2.05) is 0 Å². The molecule has 0 saturated carbocycles. The molecule has 0 radical (unpaired) electrons. The van der Waals surface area contributed by atoms with Gasteiger partial charge in [0.05, 0.1) is 11.3 Å². The van der Waals surface area contributed by atoms with E-state index in [1.54, 1.807) is 12.2 Å². The molecule has 0 aromatic heterocycles. The van der Waals surface area contributed by atoms with Gasteiger partial charge in [0, 0.05) is 10.9 Å². The highest BCUT2D eigenvalue weighted by molar-refractivity contribution is 7.80. The second kappa shape index (κ2) is 2.70. The lowest BCUT2D eigenvalue weighted by molar-refractivity contribution is -0.426. The number of rotatable bonds is 1. The fourth-order valence-corrected chi connectivity index (χ4v) is 0.915. The molecule has 0 fully saturated rings. The van der Waals surface area contributed by atoms with Crippen LogP contribution in [-0.2, 0) is 0 Å². The van der Waals surface area contributed by atoms with Crippen molar-refractivity contribution in [3.8, 4) is 0 Å². The monoisotopic (exact) mass is 155 g/mol. The van der Waals surface area contributed by atoms with Crippen LogP contribution in [0.4, 0.5) is 0 Å². The lowest BCUT2D eigenvalue weighted by Crippen LogP contribution is -2.05. The van der Waals surface area contributed by atoms with Gasteiger partial charge < -0.3 is 0 Å². The highest BCUT2D eigenvalue weighted by atomic mass is 32.1. The molecule has 0 bridgehead atoms. The van der Waals surface area contributed by atoms with Crippen molar-refractivity contribution in [2.24, 2.45) is 0 Å². The maximum absolute atomic E-state index is 10.1. The van der Waals surface area contributed by atoms with Gasteiger partial charge in [-0.25, -0.2) is 0 Å². The molecule has 0 N–H and O–H groups in total. The van der Waals surface area contributed by atoms with Crippen molar-refractivity contribution in [1.29, 1.82) is 0 Å². The molecule has 1 rings (SSSR count). The van der Waals surface area contributed by atoms with Crippen LogP contribution in [0.5, 0.6) is 0 Å². The van der Waals surface area contributed by atoms with E-state index in [9.17, 15) is 10.1 Å². The number of nitrogens with zero attached hydrogens (tertiary/aromatic N) is 1. The fourth-order valence-electron chi connectivity index (χ4n) is 0.688. The molecule has 0 spiro atoms. The predicted molar refractivity (Wildman–Crippen MR) is 41.4 cm³/mol. The summed E-state index contributed by atoms with van der Waals surface area (Å²) in [6.07, 6.45) is 5.06. The molecule has 0 aromatic rings. The van der Waals surface area contributed by atoms with Crippen molar-refractivity contribution in [1.82, 2.24) is 0 Å². The molecule has 10 heavy (non-hydrogen) atoms. The zero-order chi connectivity index (χ0) is 7.56. The normalized spacial score (nSPS) is 16.8. The van der Waals surface area contributed by atoms with Crippen molar-refractivity contribution < 1.29 is 4.92 Å². The fraction of sp³-hybridized carbons (Fsp3) is 0.167. The first-order valence-electron chi connectivity index (χ1n) is 2.74. The van der Waals surface area contributed by atoms with Crippen LogP contribution in [0.15, 0.2) is 23.9 Å². The van der Waals surface area contributed by atoms with E-state index in [0.29, 0.717) is 11.3 Å². The third kappa shape index (κ3) is 1.48. The van der Waals surface area contributed by atoms with E-state index < -0.39 is 4.92 Å². The lowest BCUT2D eigenvalue weighted by Gasteiger charge is -1.99. The number of hydrogen-bond acceptors (Lipinski definition) is 3. The van der Waals surface area contributed by atoms with E-state index in [1.165, 1.54) is 6.08 Å². The number of thiocarbonyl (C=S) groups is 1. The third-order valence-electron chi connectivity index (χ3n) is 1.16. The molecule has 1 aliphatic carbocycles. The molecule has 0 aliphatic heterocycles.